The molecule has 0 fully saturated rings. The largest absolute Gasteiger partial charge is 0.497 e. The van der Waals surface area contributed by atoms with Crippen LogP contribution in [0.4, 0.5) is 0 Å². The summed E-state index contributed by atoms with van der Waals surface area (Å²) >= 11 is 5.86. The van der Waals surface area contributed by atoms with E-state index >= 15 is 0 Å². The fourth-order valence-electron chi connectivity index (χ4n) is 2.35. The van der Waals surface area contributed by atoms with Crippen molar-refractivity contribution in [2.24, 2.45) is 0 Å². The topological polar surface area (TPSA) is 65.7 Å². The molecule has 0 aliphatic heterocycles. The molecule has 5 nitrogen and oxygen atoms in total. The number of halogens is 1. The molecule has 0 N–H and O–H groups in total. The lowest BCUT2D eigenvalue weighted by molar-refractivity contribution is 0.0473. The van der Waals surface area contributed by atoms with Gasteiger partial charge in [-0.05, 0) is 35.9 Å². The van der Waals surface area contributed by atoms with E-state index in [-0.39, 0.29) is 17.8 Å². The Morgan fingerprint density at radius 3 is 2.60 bits per heavy atom. The summed E-state index contributed by atoms with van der Waals surface area (Å²) < 4.78 is 15.7. The highest BCUT2D eigenvalue weighted by molar-refractivity contribution is 6.31. The van der Waals surface area contributed by atoms with Crippen molar-refractivity contribution in [3.8, 4) is 5.75 Å². The minimum Gasteiger partial charge on any atom is -0.497 e. The quantitative estimate of drug-likeness (QED) is 0.648. The molecule has 3 rings (SSSR count). The van der Waals surface area contributed by atoms with Gasteiger partial charge in [0.15, 0.2) is 5.43 Å². The summed E-state index contributed by atoms with van der Waals surface area (Å²) in [6.07, 6.45) is 0.545. The number of hydrogen-bond donors (Lipinski definition) is 0. The minimum atomic E-state index is -0.678. The molecule has 3 aromatic rings. The molecule has 0 saturated heterocycles. The van der Waals surface area contributed by atoms with Crippen molar-refractivity contribution in [3.63, 3.8) is 0 Å². The number of carbonyl (C=O) groups excluding carboxylic acids is 1. The van der Waals surface area contributed by atoms with Crippen molar-refractivity contribution >= 4 is 28.5 Å². The van der Waals surface area contributed by atoms with Crippen molar-refractivity contribution in [1.82, 2.24) is 0 Å². The third-order valence-corrected chi connectivity index (χ3v) is 3.91. The zero-order valence-corrected chi connectivity index (χ0v) is 14.2. The Bertz CT molecular complexity index is 960. The highest BCUT2D eigenvalue weighted by Crippen LogP contribution is 2.18. The zero-order chi connectivity index (χ0) is 17.8. The van der Waals surface area contributed by atoms with Gasteiger partial charge in [0, 0.05) is 17.5 Å². The van der Waals surface area contributed by atoms with Crippen LogP contribution >= 0.6 is 11.6 Å². The van der Waals surface area contributed by atoms with Crippen LogP contribution in [-0.2, 0) is 11.2 Å². The number of fused-ring (bicyclic) bond motifs is 1. The van der Waals surface area contributed by atoms with Crippen LogP contribution in [0.3, 0.4) is 0 Å². The Hall–Kier alpha value is -2.79. The lowest BCUT2D eigenvalue weighted by Gasteiger charge is -2.06. The summed E-state index contributed by atoms with van der Waals surface area (Å²) in [5, 5.41) is 0.747. The van der Waals surface area contributed by atoms with Gasteiger partial charge in [0.05, 0.1) is 19.1 Å². The van der Waals surface area contributed by atoms with E-state index in [1.165, 1.54) is 6.07 Å². The van der Waals surface area contributed by atoms with Crippen LogP contribution < -0.4 is 10.2 Å². The number of methoxy groups -OCH3 is 1. The smallest absolute Gasteiger partial charge is 0.374 e. The Kier molecular flexibility index (Phi) is 5.05. The molecule has 0 amide bonds. The van der Waals surface area contributed by atoms with Crippen molar-refractivity contribution < 1.29 is 18.7 Å². The molecule has 1 aromatic heterocycles. The van der Waals surface area contributed by atoms with Gasteiger partial charge in [-0.1, -0.05) is 23.7 Å². The lowest BCUT2D eigenvalue weighted by atomic mass is 10.1. The van der Waals surface area contributed by atoms with E-state index in [1.807, 2.05) is 24.3 Å². The number of carbonyl (C=O) groups is 1. The fourth-order valence-corrected chi connectivity index (χ4v) is 2.53. The molecule has 0 radical (unpaired) electrons. The third-order valence-electron chi connectivity index (χ3n) is 3.67. The maximum Gasteiger partial charge on any atom is 0.374 e. The SMILES string of the molecule is COc1ccc(CCOC(=O)c2cc(=O)c3cc(Cl)ccc3o2)cc1. The fraction of sp³-hybridized carbons (Fsp3) is 0.158. The summed E-state index contributed by atoms with van der Waals surface area (Å²) in [6, 6.07) is 13.2. The molecule has 0 spiro atoms. The Balaban J connectivity index is 1.67. The predicted molar refractivity (Wildman–Crippen MR) is 94.5 cm³/mol. The van der Waals surface area contributed by atoms with Gasteiger partial charge in [-0.25, -0.2) is 4.79 Å². The van der Waals surface area contributed by atoms with Crippen molar-refractivity contribution in [1.29, 1.82) is 0 Å². The molecule has 2 aromatic carbocycles. The number of ether oxygens (including phenoxy) is 2. The van der Waals surface area contributed by atoms with E-state index in [4.69, 9.17) is 25.5 Å². The summed E-state index contributed by atoms with van der Waals surface area (Å²) in [6.45, 7) is 0.174. The van der Waals surface area contributed by atoms with Gasteiger partial charge >= 0.3 is 5.97 Å². The second-order valence-corrected chi connectivity index (χ2v) is 5.79. The van der Waals surface area contributed by atoms with Crippen LogP contribution in [0.1, 0.15) is 16.1 Å². The zero-order valence-electron chi connectivity index (χ0n) is 13.5. The molecule has 0 atom stereocenters. The van der Waals surface area contributed by atoms with E-state index in [9.17, 15) is 9.59 Å². The predicted octanol–water partition coefficient (Wildman–Crippen LogP) is 3.85. The number of benzene rings is 2. The normalized spacial score (nSPS) is 10.6. The van der Waals surface area contributed by atoms with Gasteiger partial charge in [0.2, 0.25) is 5.76 Å². The van der Waals surface area contributed by atoms with Crippen LogP contribution in [0.25, 0.3) is 11.0 Å². The standard InChI is InChI=1S/C19H15ClO5/c1-23-14-5-2-12(3-6-14)8-9-24-19(22)18-11-16(21)15-10-13(20)4-7-17(15)25-18/h2-7,10-11H,8-9H2,1H3. The van der Waals surface area contributed by atoms with Gasteiger partial charge in [0.1, 0.15) is 11.3 Å². The third kappa shape index (κ3) is 4.00. The molecule has 0 bridgehead atoms. The van der Waals surface area contributed by atoms with Crippen LogP contribution in [-0.4, -0.2) is 19.7 Å². The van der Waals surface area contributed by atoms with Gasteiger partial charge in [-0.2, -0.15) is 0 Å². The Labute approximate surface area is 148 Å². The molecule has 25 heavy (non-hydrogen) atoms. The van der Waals surface area contributed by atoms with Crippen molar-refractivity contribution in [3.05, 3.63) is 75.1 Å². The van der Waals surface area contributed by atoms with E-state index in [0.717, 1.165) is 17.4 Å². The van der Waals surface area contributed by atoms with Crippen LogP contribution in [0, 0.1) is 0 Å². The molecular formula is C19H15ClO5. The molecular weight excluding hydrogens is 344 g/mol. The van der Waals surface area contributed by atoms with Crippen LogP contribution in [0.15, 0.2) is 57.7 Å². The Morgan fingerprint density at radius 1 is 1.12 bits per heavy atom. The second-order valence-electron chi connectivity index (χ2n) is 5.35. The number of rotatable bonds is 5. The summed E-state index contributed by atoms with van der Waals surface area (Å²) in [5.74, 6) is -0.0456. The average molecular weight is 359 g/mol. The summed E-state index contributed by atoms with van der Waals surface area (Å²) in [4.78, 5) is 24.2. The second kappa shape index (κ2) is 7.40. The van der Waals surface area contributed by atoms with Gasteiger partial charge in [-0.15, -0.1) is 0 Å². The van der Waals surface area contributed by atoms with E-state index in [0.29, 0.717) is 22.4 Å². The number of hydrogen-bond acceptors (Lipinski definition) is 5. The molecule has 6 heteroatoms. The van der Waals surface area contributed by atoms with E-state index in [1.54, 1.807) is 19.2 Å². The molecule has 0 saturated carbocycles. The highest BCUT2D eigenvalue weighted by Gasteiger charge is 2.14. The molecule has 0 aliphatic rings. The van der Waals surface area contributed by atoms with Crippen molar-refractivity contribution in [2.45, 2.75) is 6.42 Å². The van der Waals surface area contributed by atoms with Crippen LogP contribution in [0.2, 0.25) is 5.02 Å². The highest BCUT2D eigenvalue weighted by atomic mass is 35.5. The molecule has 0 aliphatic carbocycles. The Morgan fingerprint density at radius 2 is 1.88 bits per heavy atom. The first kappa shape index (κ1) is 17.0. The minimum absolute atomic E-state index is 0.130. The first-order chi connectivity index (χ1) is 12.1. The first-order valence-corrected chi connectivity index (χ1v) is 7.98. The molecule has 0 unspecified atom stereocenters. The molecule has 128 valence electrons. The monoisotopic (exact) mass is 358 g/mol. The average Bonchev–Trinajstić information content (AvgIpc) is 2.62. The van der Waals surface area contributed by atoms with E-state index < -0.39 is 5.97 Å². The lowest BCUT2D eigenvalue weighted by Crippen LogP contribution is -2.11. The molecule has 1 heterocycles. The summed E-state index contributed by atoms with van der Waals surface area (Å²) in [7, 11) is 1.60. The van der Waals surface area contributed by atoms with Gasteiger partial charge in [0.25, 0.3) is 0 Å². The number of esters is 1. The summed E-state index contributed by atoms with van der Waals surface area (Å²) in [5.41, 5.74) is 0.952. The maximum atomic E-state index is 12.1. The van der Waals surface area contributed by atoms with Gasteiger partial charge < -0.3 is 13.9 Å². The van der Waals surface area contributed by atoms with Crippen molar-refractivity contribution in [2.75, 3.05) is 13.7 Å². The van der Waals surface area contributed by atoms with E-state index in [2.05, 4.69) is 0 Å². The first-order valence-electron chi connectivity index (χ1n) is 7.60. The maximum absolute atomic E-state index is 12.1. The van der Waals surface area contributed by atoms with Gasteiger partial charge in [-0.3, -0.25) is 4.79 Å². The van der Waals surface area contributed by atoms with Crippen LogP contribution in [0.5, 0.6) is 5.75 Å².